The number of ether oxygens (including phenoxy) is 1. The quantitative estimate of drug-likeness (QED) is 0.440. The zero-order chi connectivity index (χ0) is 26.9. The minimum absolute atomic E-state index is 0.0192. The van der Waals surface area contributed by atoms with Gasteiger partial charge in [-0.05, 0) is 80.8 Å². The van der Waals surface area contributed by atoms with E-state index in [1.54, 1.807) is 18.3 Å². The minimum Gasteiger partial charge on any atom is -0.453 e. The molecule has 2 bridgehead atoms. The molecular formula is C29H39N5O4. The summed E-state index contributed by atoms with van der Waals surface area (Å²) in [7, 11) is 1.30. The van der Waals surface area contributed by atoms with Gasteiger partial charge >= 0.3 is 6.09 Å². The molecule has 1 aliphatic carbocycles. The molecule has 9 heteroatoms. The number of hydrogen-bond acceptors (Lipinski definition) is 6. The molecule has 204 valence electrons. The van der Waals surface area contributed by atoms with Crippen LogP contribution in [0.15, 0.2) is 36.5 Å². The predicted molar refractivity (Wildman–Crippen MR) is 147 cm³/mol. The van der Waals surface area contributed by atoms with Crippen molar-refractivity contribution in [2.45, 2.75) is 70.3 Å². The number of fused-ring (bicyclic) bond motifs is 4. The zero-order valence-corrected chi connectivity index (χ0v) is 22.1. The number of anilines is 2. The first-order chi connectivity index (χ1) is 18.5. The van der Waals surface area contributed by atoms with Gasteiger partial charge in [0.05, 0.1) is 24.5 Å². The number of pyridine rings is 1. The van der Waals surface area contributed by atoms with E-state index in [0.29, 0.717) is 30.3 Å². The largest absolute Gasteiger partial charge is 0.453 e. The van der Waals surface area contributed by atoms with Crippen LogP contribution in [0.5, 0.6) is 0 Å². The highest BCUT2D eigenvalue weighted by Crippen LogP contribution is 2.34. The summed E-state index contributed by atoms with van der Waals surface area (Å²) in [5.74, 6) is 0.577. The summed E-state index contributed by atoms with van der Waals surface area (Å²) in [4.78, 5) is 42.3. The van der Waals surface area contributed by atoms with Gasteiger partial charge in [-0.2, -0.15) is 0 Å². The van der Waals surface area contributed by atoms with Gasteiger partial charge < -0.3 is 21.1 Å². The Balaban J connectivity index is 1.62. The summed E-state index contributed by atoms with van der Waals surface area (Å²) >= 11 is 0. The third-order valence-electron chi connectivity index (χ3n) is 7.69. The fourth-order valence-electron chi connectivity index (χ4n) is 5.40. The number of nitrogens with one attached hydrogen (secondary N) is 3. The van der Waals surface area contributed by atoms with E-state index >= 15 is 0 Å². The van der Waals surface area contributed by atoms with E-state index in [2.05, 4.69) is 20.9 Å². The van der Waals surface area contributed by atoms with E-state index in [4.69, 9.17) is 10.5 Å². The number of nitrogens with two attached hydrogens (primary N) is 1. The van der Waals surface area contributed by atoms with Crippen LogP contribution in [0.1, 0.15) is 75.9 Å². The van der Waals surface area contributed by atoms with Crippen LogP contribution in [0.3, 0.4) is 0 Å². The van der Waals surface area contributed by atoms with Crippen LogP contribution in [-0.2, 0) is 14.3 Å². The number of benzene rings is 1. The second kappa shape index (κ2) is 13.4. The topological polar surface area (TPSA) is 135 Å². The van der Waals surface area contributed by atoms with Crippen molar-refractivity contribution in [3.63, 3.8) is 0 Å². The van der Waals surface area contributed by atoms with Crippen LogP contribution >= 0.6 is 0 Å². The first kappa shape index (κ1) is 27.6. The molecule has 9 nitrogen and oxygen atoms in total. The molecule has 1 aromatic heterocycles. The van der Waals surface area contributed by atoms with Crippen LogP contribution in [0.25, 0.3) is 11.1 Å². The molecule has 0 saturated heterocycles. The summed E-state index contributed by atoms with van der Waals surface area (Å²) in [6.45, 7) is 0.690. The van der Waals surface area contributed by atoms with Crippen molar-refractivity contribution in [3.05, 3.63) is 42.2 Å². The van der Waals surface area contributed by atoms with Gasteiger partial charge in [0, 0.05) is 29.8 Å². The number of hydrogen-bond donors (Lipinski definition) is 4. The van der Waals surface area contributed by atoms with Gasteiger partial charge in [0.1, 0.15) is 0 Å². The molecule has 2 heterocycles. The Morgan fingerprint density at radius 2 is 1.84 bits per heavy atom. The molecule has 2 aliphatic rings. The van der Waals surface area contributed by atoms with Gasteiger partial charge in [0.15, 0.2) is 0 Å². The van der Waals surface area contributed by atoms with Gasteiger partial charge in [-0.3, -0.25) is 19.9 Å². The Morgan fingerprint density at radius 3 is 2.61 bits per heavy atom. The number of rotatable bonds is 4. The van der Waals surface area contributed by atoms with Crippen molar-refractivity contribution in [1.29, 1.82) is 0 Å². The second-order valence-electron chi connectivity index (χ2n) is 10.4. The lowest BCUT2D eigenvalue weighted by Crippen LogP contribution is -2.37. The molecule has 0 spiro atoms. The summed E-state index contributed by atoms with van der Waals surface area (Å²) in [6.07, 6.45) is 9.77. The standard InChI is InChI=1S/C29H39N5O4/c1-38-29(37)32-22-12-13-23-21-14-15-31-26(16-21)24(34-28(36)20-10-8-19(18-30)9-11-20)6-4-2-3-5-7-27(35)33-25(23)17-22/h12-17,19-20,24H,2-11,18,30H2,1H3,(H,32,37)(H,33,35)(H,34,36)/t19?,20?,24-/m0/s1. The molecule has 5 N–H and O–H groups in total. The molecule has 1 atom stereocenters. The lowest BCUT2D eigenvalue weighted by atomic mass is 9.81. The first-order valence-electron chi connectivity index (χ1n) is 13.7. The van der Waals surface area contributed by atoms with E-state index in [9.17, 15) is 14.4 Å². The monoisotopic (exact) mass is 521 g/mol. The van der Waals surface area contributed by atoms with Crippen molar-refractivity contribution in [3.8, 4) is 11.1 Å². The molecule has 1 aromatic carbocycles. The molecular weight excluding hydrogens is 482 g/mol. The van der Waals surface area contributed by atoms with Crippen molar-refractivity contribution in [2.24, 2.45) is 17.6 Å². The molecule has 1 fully saturated rings. The minimum atomic E-state index is -0.585. The zero-order valence-electron chi connectivity index (χ0n) is 22.1. The smallest absolute Gasteiger partial charge is 0.411 e. The van der Waals surface area contributed by atoms with Gasteiger partial charge in [-0.1, -0.05) is 25.3 Å². The summed E-state index contributed by atoms with van der Waals surface area (Å²) in [5.41, 5.74) is 9.42. The van der Waals surface area contributed by atoms with Gasteiger partial charge in [0.25, 0.3) is 0 Å². The van der Waals surface area contributed by atoms with Gasteiger partial charge in [-0.15, -0.1) is 0 Å². The number of aromatic nitrogens is 1. The van der Waals surface area contributed by atoms with Crippen LogP contribution in [0.4, 0.5) is 16.2 Å². The first-order valence-corrected chi connectivity index (χ1v) is 13.7. The van der Waals surface area contributed by atoms with E-state index in [0.717, 1.165) is 74.6 Å². The van der Waals surface area contributed by atoms with E-state index in [-0.39, 0.29) is 23.8 Å². The Kier molecular flexibility index (Phi) is 9.70. The molecule has 4 rings (SSSR count). The van der Waals surface area contributed by atoms with Crippen molar-refractivity contribution in [2.75, 3.05) is 24.3 Å². The predicted octanol–water partition coefficient (Wildman–Crippen LogP) is 5.14. The van der Waals surface area contributed by atoms with Crippen molar-refractivity contribution < 1.29 is 19.1 Å². The van der Waals surface area contributed by atoms with E-state index in [1.165, 1.54) is 7.11 Å². The Morgan fingerprint density at radius 1 is 1.05 bits per heavy atom. The lowest BCUT2D eigenvalue weighted by Gasteiger charge is -2.28. The SMILES string of the molecule is COC(=O)Nc1ccc2c(c1)NC(=O)CCCCCC[C@H](NC(=O)C1CCC(CN)CC1)c1cc-2ccn1. The van der Waals surface area contributed by atoms with Crippen LogP contribution < -0.4 is 21.7 Å². The van der Waals surface area contributed by atoms with Gasteiger partial charge in [0.2, 0.25) is 11.8 Å². The normalized spacial score (nSPS) is 22.3. The second-order valence-corrected chi connectivity index (χ2v) is 10.4. The molecule has 0 radical (unpaired) electrons. The third-order valence-corrected chi connectivity index (χ3v) is 7.69. The highest BCUT2D eigenvalue weighted by molar-refractivity contribution is 5.97. The molecule has 1 aliphatic heterocycles. The number of carbonyl (C=O) groups excluding carboxylic acids is 3. The summed E-state index contributed by atoms with van der Waals surface area (Å²) in [5, 5.41) is 8.99. The average Bonchev–Trinajstić information content (AvgIpc) is 2.93. The van der Waals surface area contributed by atoms with Crippen molar-refractivity contribution in [1.82, 2.24) is 10.3 Å². The number of amides is 3. The van der Waals surface area contributed by atoms with E-state index < -0.39 is 6.09 Å². The third kappa shape index (κ3) is 7.31. The maximum Gasteiger partial charge on any atom is 0.411 e. The summed E-state index contributed by atoms with van der Waals surface area (Å²) < 4.78 is 4.70. The molecule has 2 aromatic rings. The molecule has 1 saturated carbocycles. The highest BCUT2D eigenvalue weighted by Gasteiger charge is 2.28. The number of carbonyl (C=O) groups is 3. The lowest BCUT2D eigenvalue weighted by molar-refractivity contribution is -0.127. The molecule has 38 heavy (non-hydrogen) atoms. The van der Waals surface area contributed by atoms with Crippen LogP contribution in [-0.4, -0.2) is 36.5 Å². The van der Waals surface area contributed by atoms with Crippen LogP contribution in [0.2, 0.25) is 0 Å². The Labute approximate surface area is 224 Å². The van der Waals surface area contributed by atoms with Gasteiger partial charge in [-0.25, -0.2) is 4.79 Å². The Bertz CT molecular complexity index is 1130. The van der Waals surface area contributed by atoms with Crippen molar-refractivity contribution >= 4 is 29.3 Å². The fourth-order valence-corrected chi connectivity index (χ4v) is 5.40. The van der Waals surface area contributed by atoms with E-state index in [1.807, 2.05) is 18.2 Å². The number of methoxy groups -OCH3 is 1. The fraction of sp³-hybridized carbons (Fsp3) is 0.517. The maximum absolute atomic E-state index is 13.3. The number of nitrogens with zero attached hydrogens (tertiary/aromatic N) is 1. The average molecular weight is 522 g/mol. The Hall–Kier alpha value is -3.46. The maximum atomic E-state index is 13.3. The summed E-state index contributed by atoms with van der Waals surface area (Å²) in [6, 6.07) is 9.04. The highest BCUT2D eigenvalue weighted by atomic mass is 16.5. The molecule has 0 unspecified atom stereocenters. The van der Waals surface area contributed by atoms with Crippen LogP contribution in [0, 0.1) is 11.8 Å². The molecule has 3 amide bonds.